The van der Waals surface area contributed by atoms with Crippen molar-refractivity contribution < 1.29 is 25.9 Å². The molecule has 0 spiro atoms. The van der Waals surface area contributed by atoms with Gasteiger partial charge in [0.25, 0.3) is 0 Å². The number of hydrogen-bond acceptors (Lipinski definition) is 4. The summed E-state index contributed by atoms with van der Waals surface area (Å²) in [4.78, 5) is 0. The van der Waals surface area contributed by atoms with Crippen LogP contribution in [0.15, 0.2) is 0 Å². The predicted molar refractivity (Wildman–Crippen MR) is 62.3 cm³/mol. The summed E-state index contributed by atoms with van der Waals surface area (Å²) >= 11 is 0. The third-order valence-corrected chi connectivity index (χ3v) is 5.03. The second kappa shape index (κ2) is 5.57. The summed E-state index contributed by atoms with van der Waals surface area (Å²) in [6.45, 7) is 0.493. The van der Waals surface area contributed by atoms with Crippen LogP contribution in [0.5, 0.6) is 0 Å². The lowest BCUT2D eigenvalue weighted by Crippen LogP contribution is -2.40. The summed E-state index contributed by atoms with van der Waals surface area (Å²) in [6.07, 6.45) is 6.24. The Morgan fingerprint density at radius 3 is 1.89 bits per heavy atom. The summed E-state index contributed by atoms with van der Waals surface area (Å²) in [7, 11) is -5.51. The van der Waals surface area contributed by atoms with Crippen LogP contribution in [0.3, 0.4) is 0 Å². The molecule has 1 saturated carbocycles. The molecule has 0 radical (unpaired) electrons. The molecule has 0 amide bonds. The number of alkyl halides is 3. The van der Waals surface area contributed by atoms with E-state index in [0.29, 0.717) is 24.7 Å². The maximum atomic E-state index is 12.2. The predicted octanol–water partition coefficient (Wildman–Crippen LogP) is 2.67. The van der Waals surface area contributed by atoms with Gasteiger partial charge >= 0.3 is 15.6 Å². The molecule has 2 fully saturated rings. The van der Waals surface area contributed by atoms with E-state index in [2.05, 4.69) is 4.28 Å². The topological polar surface area (TPSA) is 46.6 Å². The van der Waals surface area contributed by atoms with Gasteiger partial charge in [-0.2, -0.15) is 30.9 Å². The second-order valence-corrected chi connectivity index (χ2v) is 6.81. The quantitative estimate of drug-likeness (QED) is 0.752. The first-order valence-electron chi connectivity index (χ1n) is 6.55. The molecule has 0 aromatic heterocycles. The molecule has 112 valence electrons. The number of halogens is 3. The van der Waals surface area contributed by atoms with E-state index in [1.807, 2.05) is 0 Å². The van der Waals surface area contributed by atoms with Crippen molar-refractivity contribution >= 4 is 10.1 Å². The van der Waals surface area contributed by atoms with E-state index in [9.17, 15) is 21.6 Å². The first-order valence-corrected chi connectivity index (χ1v) is 7.96. The second-order valence-electron chi connectivity index (χ2n) is 5.29. The van der Waals surface area contributed by atoms with Gasteiger partial charge in [0, 0.05) is 13.1 Å². The van der Waals surface area contributed by atoms with Crippen molar-refractivity contribution in [2.45, 2.75) is 44.0 Å². The van der Waals surface area contributed by atoms with Crippen LogP contribution in [0, 0.1) is 11.8 Å². The smallest absolute Gasteiger partial charge is 0.188 e. The SMILES string of the molecule is O=S(=O)(ON1CCC(C2CCCC2)CC1)C(F)(F)F. The summed E-state index contributed by atoms with van der Waals surface area (Å²) < 4.78 is 62.4. The Morgan fingerprint density at radius 2 is 1.42 bits per heavy atom. The van der Waals surface area contributed by atoms with Gasteiger partial charge in [-0.05, 0) is 24.7 Å². The zero-order chi connectivity index (χ0) is 14.1. The summed E-state index contributed by atoms with van der Waals surface area (Å²) in [5.74, 6) is 1.15. The standard InChI is InChI=1S/C11H18F3NO3S/c12-11(13,14)19(16,17)18-15-7-5-10(6-8-15)9-3-1-2-4-9/h9-10H,1-8H2. The third kappa shape index (κ3) is 3.61. The van der Waals surface area contributed by atoms with E-state index in [1.54, 1.807) is 0 Å². The molecule has 2 aliphatic rings. The van der Waals surface area contributed by atoms with Crippen LogP contribution < -0.4 is 0 Å². The monoisotopic (exact) mass is 301 g/mol. The lowest BCUT2D eigenvalue weighted by molar-refractivity contribution is -0.115. The van der Waals surface area contributed by atoms with E-state index in [1.165, 1.54) is 25.7 Å². The fourth-order valence-corrected chi connectivity index (χ4v) is 3.54. The van der Waals surface area contributed by atoms with Crippen LogP contribution in [-0.4, -0.2) is 32.1 Å². The van der Waals surface area contributed by atoms with E-state index < -0.39 is 15.6 Å². The fraction of sp³-hybridized carbons (Fsp3) is 1.00. The number of rotatable bonds is 3. The fourth-order valence-electron chi connectivity index (χ4n) is 3.03. The van der Waals surface area contributed by atoms with Gasteiger partial charge in [0.15, 0.2) is 0 Å². The molecule has 1 aliphatic carbocycles. The largest absolute Gasteiger partial charge is 0.524 e. The third-order valence-electron chi connectivity index (χ3n) is 4.05. The molecule has 19 heavy (non-hydrogen) atoms. The number of piperidine rings is 1. The highest BCUT2D eigenvalue weighted by Gasteiger charge is 2.49. The van der Waals surface area contributed by atoms with Gasteiger partial charge in [-0.15, -0.1) is 0 Å². The summed E-state index contributed by atoms with van der Waals surface area (Å²) in [5.41, 5.74) is -5.35. The van der Waals surface area contributed by atoms with Crippen molar-refractivity contribution in [2.75, 3.05) is 13.1 Å². The first-order chi connectivity index (χ1) is 8.79. The molecule has 2 rings (SSSR count). The Hall–Kier alpha value is -0.340. The maximum absolute atomic E-state index is 12.2. The first kappa shape index (κ1) is 15.1. The molecular formula is C11H18F3NO3S. The number of nitrogens with zero attached hydrogens (tertiary/aromatic N) is 1. The summed E-state index contributed by atoms with van der Waals surface area (Å²) in [5, 5.41) is 0.925. The van der Waals surface area contributed by atoms with Gasteiger partial charge in [-0.1, -0.05) is 25.7 Å². The average molecular weight is 301 g/mol. The summed E-state index contributed by atoms with van der Waals surface area (Å²) in [6, 6.07) is 0. The van der Waals surface area contributed by atoms with Crippen molar-refractivity contribution in [3.8, 4) is 0 Å². The molecule has 0 aromatic rings. The van der Waals surface area contributed by atoms with Crippen LogP contribution in [0.4, 0.5) is 13.2 Å². The maximum Gasteiger partial charge on any atom is 0.524 e. The Balaban J connectivity index is 1.83. The molecule has 0 bridgehead atoms. The Labute approximate surface area is 111 Å². The molecule has 0 atom stereocenters. The minimum atomic E-state index is -5.51. The molecule has 1 heterocycles. The number of hydroxylamine groups is 2. The molecule has 0 unspecified atom stereocenters. The molecule has 4 nitrogen and oxygen atoms in total. The number of hydrogen-bond donors (Lipinski definition) is 0. The Morgan fingerprint density at radius 1 is 0.947 bits per heavy atom. The lowest BCUT2D eigenvalue weighted by atomic mass is 9.84. The minimum Gasteiger partial charge on any atom is -0.188 e. The highest BCUT2D eigenvalue weighted by atomic mass is 32.2. The molecule has 8 heteroatoms. The lowest BCUT2D eigenvalue weighted by Gasteiger charge is -2.33. The molecule has 1 aliphatic heterocycles. The molecule has 0 aromatic carbocycles. The van der Waals surface area contributed by atoms with Crippen molar-refractivity contribution in [3.63, 3.8) is 0 Å². The van der Waals surface area contributed by atoms with Crippen molar-refractivity contribution in [3.05, 3.63) is 0 Å². The van der Waals surface area contributed by atoms with Crippen LogP contribution in [0.2, 0.25) is 0 Å². The molecule has 1 saturated heterocycles. The van der Waals surface area contributed by atoms with Gasteiger partial charge < -0.3 is 0 Å². The van der Waals surface area contributed by atoms with E-state index in [-0.39, 0.29) is 13.1 Å². The van der Waals surface area contributed by atoms with Crippen molar-refractivity contribution in [1.29, 1.82) is 0 Å². The zero-order valence-electron chi connectivity index (χ0n) is 10.5. The average Bonchev–Trinajstić information content (AvgIpc) is 2.81. The van der Waals surface area contributed by atoms with Gasteiger partial charge in [0.2, 0.25) is 0 Å². The van der Waals surface area contributed by atoms with Gasteiger partial charge in [0.1, 0.15) is 0 Å². The zero-order valence-corrected chi connectivity index (χ0v) is 11.3. The van der Waals surface area contributed by atoms with E-state index in [4.69, 9.17) is 0 Å². The highest BCUT2D eigenvalue weighted by molar-refractivity contribution is 7.87. The Bertz CT molecular complexity index is 396. The van der Waals surface area contributed by atoms with Crippen LogP contribution >= 0.6 is 0 Å². The van der Waals surface area contributed by atoms with Crippen LogP contribution in [0.25, 0.3) is 0 Å². The van der Waals surface area contributed by atoms with Crippen molar-refractivity contribution in [2.24, 2.45) is 11.8 Å². The van der Waals surface area contributed by atoms with Gasteiger partial charge in [0.05, 0.1) is 0 Å². The Kier molecular flexibility index (Phi) is 4.42. The van der Waals surface area contributed by atoms with E-state index in [0.717, 1.165) is 5.06 Å². The van der Waals surface area contributed by atoms with Gasteiger partial charge in [-0.3, -0.25) is 0 Å². The normalized spacial score (nSPS) is 25.0. The molecular weight excluding hydrogens is 283 g/mol. The molecule has 0 N–H and O–H groups in total. The van der Waals surface area contributed by atoms with Gasteiger partial charge in [-0.25, -0.2) is 0 Å². The van der Waals surface area contributed by atoms with Crippen molar-refractivity contribution in [1.82, 2.24) is 5.06 Å². The highest BCUT2D eigenvalue weighted by Crippen LogP contribution is 2.37. The minimum absolute atomic E-state index is 0.247. The van der Waals surface area contributed by atoms with E-state index >= 15 is 0 Å². The van der Waals surface area contributed by atoms with Crippen LogP contribution in [-0.2, 0) is 14.4 Å². The van der Waals surface area contributed by atoms with Crippen LogP contribution in [0.1, 0.15) is 38.5 Å².